The van der Waals surface area contributed by atoms with E-state index in [9.17, 15) is 14.7 Å². The number of ether oxygens (including phenoxy) is 2. The molecule has 5 heteroatoms. The summed E-state index contributed by atoms with van der Waals surface area (Å²) < 4.78 is 10.0. The van der Waals surface area contributed by atoms with Crippen LogP contribution in [0, 0.1) is 0 Å². The molecule has 0 heterocycles. The fourth-order valence-electron chi connectivity index (χ4n) is 1.40. The zero-order valence-corrected chi connectivity index (χ0v) is 10.6. The number of aromatic hydroxyl groups is 1. The number of hydrogen-bond acceptors (Lipinski definition) is 5. The number of phenolic OH excluding ortho intramolecular Hbond substituents is 1. The average molecular weight is 252 g/mol. The van der Waals surface area contributed by atoms with Gasteiger partial charge in [-0.3, -0.25) is 4.79 Å². The van der Waals surface area contributed by atoms with Crippen LogP contribution in [-0.2, 0) is 9.53 Å². The summed E-state index contributed by atoms with van der Waals surface area (Å²) in [7, 11) is 0. The first-order chi connectivity index (χ1) is 8.47. The summed E-state index contributed by atoms with van der Waals surface area (Å²) >= 11 is 0. The SMILES string of the molecule is CCOC(=O)C(=O)c1c(O)cccc1OC(C)C. The van der Waals surface area contributed by atoms with Crippen molar-refractivity contribution in [2.75, 3.05) is 6.61 Å². The largest absolute Gasteiger partial charge is 0.507 e. The molecule has 0 radical (unpaired) electrons. The Kier molecular flexibility index (Phi) is 4.71. The molecular formula is C13H16O5. The quantitative estimate of drug-likeness (QED) is 0.492. The first-order valence-electron chi connectivity index (χ1n) is 5.67. The predicted molar refractivity (Wildman–Crippen MR) is 64.8 cm³/mol. The van der Waals surface area contributed by atoms with Crippen molar-refractivity contribution in [1.82, 2.24) is 0 Å². The maximum absolute atomic E-state index is 11.8. The van der Waals surface area contributed by atoms with Crippen LogP contribution in [0.3, 0.4) is 0 Å². The Labute approximate surface area is 105 Å². The van der Waals surface area contributed by atoms with Crippen LogP contribution >= 0.6 is 0 Å². The van der Waals surface area contributed by atoms with E-state index in [1.54, 1.807) is 20.8 Å². The molecule has 1 aromatic rings. The van der Waals surface area contributed by atoms with Crippen LogP contribution in [0.25, 0.3) is 0 Å². The van der Waals surface area contributed by atoms with Crippen LogP contribution in [0.2, 0.25) is 0 Å². The van der Waals surface area contributed by atoms with Crippen molar-refractivity contribution in [3.05, 3.63) is 23.8 Å². The van der Waals surface area contributed by atoms with E-state index in [0.717, 1.165) is 0 Å². The van der Waals surface area contributed by atoms with Gasteiger partial charge in [0, 0.05) is 0 Å². The summed E-state index contributed by atoms with van der Waals surface area (Å²) in [5, 5.41) is 9.68. The molecule has 1 rings (SSSR count). The number of rotatable bonds is 5. The van der Waals surface area contributed by atoms with Gasteiger partial charge in [0.1, 0.15) is 17.1 Å². The molecule has 0 bridgehead atoms. The molecule has 0 spiro atoms. The molecule has 0 saturated carbocycles. The van der Waals surface area contributed by atoms with Gasteiger partial charge in [0.15, 0.2) is 0 Å². The van der Waals surface area contributed by atoms with Gasteiger partial charge in [0.25, 0.3) is 5.78 Å². The second-order valence-electron chi connectivity index (χ2n) is 3.87. The van der Waals surface area contributed by atoms with Crippen molar-refractivity contribution in [1.29, 1.82) is 0 Å². The van der Waals surface area contributed by atoms with Crippen LogP contribution < -0.4 is 4.74 Å². The van der Waals surface area contributed by atoms with Gasteiger partial charge >= 0.3 is 5.97 Å². The highest BCUT2D eigenvalue weighted by Gasteiger charge is 2.25. The Morgan fingerprint density at radius 1 is 1.33 bits per heavy atom. The molecule has 1 N–H and O–H groups in total. The molecule has 1 aromatic carbocycles. The third-order valence-corrected chi connectivity index (χ3v) is 2.05. The molecule has 0 aliphatic rings. The number of esters is 1. The molecule has 0 fully saturated rings. The lowest BCUT2D eigenvalue weighted by molar-refractivity contribution is -0.137. The van der Waals surface area contributed by atoms with Crippen molar-refractivity contribution >= 4 is 11.8 Å². The van der Waals surface area contributed by atoms with Gasteiger partial charge in [0.2, 0.25) is 0 Å². The van der Waals surface area contributed by atoms with E-state index in [4.69, 9.17) is 4.74 Å². The Morgan fingerprint density at radius 3 is 2.56 bits per heavy atom. The van der Waals surface area contributed by atoms with Crippen LogP contribution in [0.4, 0.5) is 0 Å². The van der Waals surface area contributed by atoms with Gasteiger partial charge in [0.05, 0.1) is 12.7 Å². The lowest BCUT2D eigenvalue weighted by atomic mass is 10.1. The van der Waals surface area contributed by atoms with E-state index in [0.29, 0.717) is 0 Å². The molecule has 0 atom stereocenters. The highest BCUT2D eigenvalue weighted by molar-refractivity contribution is 6.42. The second kappa shape index (κ2) is 6.05. The maximum atomic E-state index is 11.8. The standard InChI is InChI=1S/C13H16O5/c1-4-17-13(16)12(15)11-9(14)6-5-7-10(11)18-8(2)3/h5-8,14H,4H2,1-3H3. The van der Waals surface area contributed by atoms with E-state index in [-0.39, 0.29) is 29.8 Å². The Bertz CT molecular complexity index is 451. The van der Waals surface area contributed by atoms with Gasteiger partial charge in [-0.05, 0) is 32.9 Å². The lowest BCUT2D eigenvalue weighted by Gasteiger charge is -2.14. The minimum absolute atomic E-state index is 0.0958. The van der Waals surface area contributed by atoms with Crippen molar-refractivity contribution in [3.63, 3.8) is 0 Å². The monoisotopic (exact) mass is 252 g/mol. The Morgan fingerprint density at radius 2 is 2.00 bits per heavy atom. The van der Waals surface area contributed by atoms with Gasteiger partial charge in [-0.2, -0.15) is 0 Å². The van der Waals surface area contributed by atoms with E-state index in [1.165, 1.54) is 18.2 Å². The molecule has 98 valence electrons. The minimum Gasteiger partial charge on any atom is -0.507 e. The fraction of sp³-hybridized carbons (Fsp3) is 0.385. The molecule has 0 aliphatic carbocycles. The molecule has 0 unspecified atom stereocenters. The van der Waals surface area contributed by atoms with E-state index >= 15 is 0 Å². The summed E-state index contributed by atoms with van der Waals surface area (Å²) in [5.74, 6) is -2.05. The minimum atomic E-state index is -1.01. The molecule has 5 nitrogen and oxygen atoms in total. The molecule has 18 heavy (non-hydrogen) atoms. The molecular weight excluding hydrogens is 236 g/mol. The molecule has 0 saturated heterocycles. The van der Waals surface area contributed by atoms with E-state index in [1.807, 2.05) is 0 Å². The summed E-state index contributed by atoms with van der Waals surface area (Å²) in [6, 6.07) is 4.38. The summed E-state index contributed by atoms with van der Waals surface area (Å²) in [4.78, 5) is 23.2. The van der Waals surface area contributed by atoms with E-state index < -0.39 is 11.8 Å². The highest BCUT2D eigenvalue weighted by Crippen LogP contribution is 2.29. The van der Waals surface area contributed by atoms with Crippen molar-refractivity contribution in [2.45, 2.75) is 26.9 Å². The summed E-state index contributed by atoms with van der Waals surface area (Å²) in [6.45, 7) is 5.26. The van der Waals surface area contributed by atoms with Crippen LogP contribution in [0.5, 0.6) is 11.5 Å². The van der Waals surface area contributed by atoms with Gasteiger partial charge in [-0.1, -0.05) is 6.07 Å². The lowest BCUT2D eigenvalue weighted by Crippen LogP contribution is -2.19. The number of Topliss-reactive ketones (excluding diaryl/α,β-unsaturated/α-hetero) is 1. The van der Waals surface area contributed by atoms with Crippen molar-refractivity contribution in [3.8, 4) is 11.5 Å². The number of hydrogen-bond donors (Lipinski definition) is 1. The predicted octanol–water partition coefficient (Wildman–Crippen LogP) is 1.93. The third kappa shape index (κ3) is 3.23. The van der Waals surface area contributed by atoms with Gasteiger partial charge < -0.3 is 14.6 Å². The highest BCUT2D eigenvalue weighted by atomic mass is 16.5. The maximum Gasteiger partial charge on any atom is 0.379 e. The number of phenols is 1. The zero-order valence-electron chi connectivity index (χ0n) is 10.6. The molecule has 0 aromatic heterocycles. The summed E-state index contributed by atoms with van der Waals surface area (Å²) in [6.07, 6.45) is -0.180. The van der Waals surface area contributed by atoms with E-state index in [2.05, 4.69) is 4.74 Å². The van der Waals surface area contributed by atoms with Crippen LogP contribution in [0.15, 0.2) is 18.2 Å². The topological polar surface area (TPSA) is 72.8 Å². The van der Waals surface area contributed by atoms with Crippen LogP contribution in [-0.4, -0.2) is 29.6 Å². The summed E-state index contributed by atoms with van der Waals surface area (Å²) in [5.41, 5.74) is -0.162. The first kappa shape index (κ1) is 14.0. The number of ketones is 1. The smallest absolute Gasteiger partial charge is 0.379 e. The Balaban J connectivity index is 3.13. The van der Waals surface area contributed by atoms with Gasteiger partial charge in [-0.15, -0.1) is 0 Å². The first-order valence-corrected chi connectivity index (χ1v) is 5.67. The molecule has 0 amide bonds. The van der Waals surface area contributed by atoms with Gasteiger partial charge in [-0.25, -0.2) is 4.79 Å². The number of carbonyl (C=O) groups is 2. The third-order valence-electron chi connectivity index (χ3n) is 2.05. The average Bonchev–Trinajstić information content (AvgIpc) is 2.28. The van der Waals surface area contributed by atoms with Crippen molar-refractivity contribution < 1.29 is 24.2 Å². The second-order valence-corrected chi connectivity index (χ2v) is 3.87. The van der Waals surface area contributed by atoms with Crippen molar-refractivity contribution in [2.24, 2.45) is 0 Å². The Hall–Kier alpha value is -2.04. The number of carbonyl (C=O) groups excluding carboxylic acids is 2. The number of benzene rings is 1. The fourth-order valence-corrected chi connectivity index (χ4v) is 1.40. The van der Waals surface area contributed by atoms with Crippen LogP contribution in [0.1, 0.15) is 31.1 Å². The normalized spacial score (nSPS) is 10.2. The molecule has 0 aliphatic heterocycles. The zero-order chi connectivity index (χ0) is 13.7.